The maximum absolute atomic E-state index is 12.8. The number of likely N-dealkylation sites (tertiary alicyclic amines) is 1. The van der Waals surface area contributed by atoms with Gasteiger partial charge in [-0.15, -0.1) is 0 Å². The molecule has 2 fully saturated rings. The minimum Gasteiger partial charge on any atom is -0.493 e. The van der Waals surface area contributed by atoms with Crippen LogP contribution in [0, 0.1) is 0 Å². The average Bonchev–Trinajstić information content (AvgIpc) is 2.72. The van der Waals surface area contributed by atoms with E-state index in [1.54, 1.807) is 14.2 Å². The predicted molar refractivity (Wildman–Crippen MR) is 97.8 cm³/mol. The number of carbonyl (C=O) groups is 1. The molecular formula is C20H29NO5. The third-order valence-corrected chi connectivity index (χ3v) is 5.22. The van der Waals surface area contributed by atoms with Gasteiger partial charge in [0.15, 0.2) is 17.6 Å². The van der Waals surface area contributed by atoms with Crippen LogP contribution in [0.1, 0.15) is 31.2 Å². The van der Waals surface area contributed by atoms with Gasteiger partial charge in [-0.05, 0) is 49.8 Å². The fourth-order valence-corrected chi connectivity index (χ4v) is 3.78. The Morgan fingerprint density at radius 3 is 2.77 bits per heavy atom. The standard InChI is InChI=1S/C20H29NO5/c1-23-17-9-7-15(13-18(17)24-2)6-8-16-5-3-4-10-21(16)20(22)19-14-25-11-12-26-19/h7,9,13,16,19H,3-6,8,10-12,14H2,1-2H3. The highest BCUT2D eigenvalue weighted by molar-refractivity contribution is 5.81. The Morgan fingerprint density at radius 1 is 1.19 bits per heavy atom. The van der Waals surface area contributed by atoms with E-state index in [-0.39, 0.29) is 11.9 Å². The molecule has 1 aromatic carbocycles. The molecule has 144 valence electrons. The largest absolute Gasteiger partial charge is 0.493 e. The molecule has 0 radical (unpaired) electrons. The molecule has 6 nitrogen and oxygen atoms in total. The van der Waals surface area contributed by atoms with E-state index >= 15 is 0 Å². The summed E-state index contributed by atoms with van der Waals surface area (Å²) in [7, 11) is 3.29. The normalized spacial score (nSPS) is 23.5. The summed E-state index contributed by atoms with van der Waals surface area (Å²) in [5.74, 6) is 1.57. The SMILES string of the molecule is COc1ccc(CCC2CCCCN2C(=O)C2COCCO2)cc1OC. The number of nitrogens with zero attached hydrogens (tertiary/aromatic N) is 1. The number of hydrogen-bond donors (Lipinski definition) is 0. The highest BCUT2D eigenvalue weighted by Crippen LogP contribution is 2.29. The van der Waals surface area contributed by atoms with Gasteiger partial charge in [-0.1, -0.05) is 6.07 Å². The van der Waals surface area contributed by atoms with Crippen LogP contribution in [0.15, 0.2) is 18.2 Å². The summed E-state index contributed by atoms with van der Waals surface area (Å²) in [5, 5.41) is 0. The highest BCUT2D eigenvalue weighted by atomic mass is 16.6. The van der Waals surface area contributed by atoms with Gasteiger partial charge >= 0.3 is 0 Å². The Balaban J connectivity index is 1.62. The van der Waals surface area contributed by atoms with Gasteiger partial charge in [0.25, 0.3) is 5.91 Å². The molecule has 2 aliphatic heterocycles. The number of rotatable bonds is 6. The first kappa shape index (κ1) is 19.0. The number of methoxy groups -OCH3 is 2. The number of hydrogen-bond acceptors (Lipinski definition) is 5. The molecule has 0 aromatic heterocycles. The van der Waals surface area contributed by atoms with E-state index in [1.165, 1.54) is 12.0 Å². The first-order chi connectivity index (χ1) is 12.7. The smallest absolute Gasteiger partial charge is 0.254 e. The van der Waals surface area contributed by atoms with Crippen LogP contribution in [0.5, 0.6) is 11.5 Å². The van der Waals surface area contributed by atoms with Crippen LogP contribution < -0.4 is 9.47 Å². The molecule has 0 bridgehead atoms. The summed E-state index contributed by atoms with van der Waals surface area (Å²) in [5.41, 5.74) is 1.19. The second-order valence-corrected chi connectivity index (χ2v) is 6.84. The Labute approximate surface area is 155 Å². The lowest BCUT2D eigenvalue weighted by atomic mass is 9.95. The second-order valence-electron chi connectivity index (χ2n) is 6.84. The van der Waals surface area contributed by atoms with Crippen LogP contribution in [0.4, 0.5) is 0 Å². The van der Waals surface area contributed by atoms with Crippen molar-refractivity contribution in [3.63, 3.8) is 0 Å². The van der Waals surface area contributed by atoms with Crippen LogP contribution >= 0.6 is 0 Å². The van der Waals surface area contributed by atoms with Gasteiger partial charge in [-0.3, -0.25) is 4.79 Å². The number of aryl methyl sites for hydroxylation is 1. The molecular weight excluding hydrogens is 334 g/mol. The summed E-state index contributed by atoms with van der Waals surface area (Å²) in [4.78, 5) is 14.9. The van der Waals surface area contributed by atoms with Crippen LogP contribution in [-0.2, 0) is 20.7 Å². The zero-order valence-corrected chi connectivity index (χ0v) is 15.7. The van der Waals surface area contributed by atoms with Crippen molar-refractivity contribution >= 4 is 5.91 Å². The molecule has 6 heteroatoms. The van der Waals surface area contributed by atoms with Gasteiger partial charge in [0.2, 0.25) is 0 Å². The Bertz CT molecular complexity index is 600. The van der Waals surface area contributed by atoms with Crippen molar-refractivity contribution in [2.24, 2.45) is 0 Å². The van der Waals surface area contributed by atoms with Crippen LogP contribution in [0.2, 0.25) is 0 Å². The molecule has 0 spiro atoms. The summed E-state index contributed by atoms with van der Waals surface area (Å²) < 4.78 is 21.7. The molecule has 2 heterocycles. The maximum Gasteiger partial charge on any atom is 0.254 e. The molecule has 1 amide bonds. The van der Waals surface area contributed by atoms with Gasteiger partial charge < -0.3 is 23.8 Å². The number of benzene rings is 1. The first-order valence-electron chi connectivity index (χ1n) is 9.43. The average molecular weight is 363 g/mol. The molecule has 0 aliphatic carbocycles. The van der Waals surface area contributed by atoms with Crippen molar-refractivity contribution in [3.8, 4) is 11.5 Å². The molecule has 1 aromatic rings. The van der Waals surface area contributed by atoms with Crippen LogP contribution in [-0.4, -0.2) is 63.5 Å². The second kappa shape index (κ2) is 9.24. The summed E-state index contributed by atoms with van der Waals surface area (Å²) >= 11 is 0. The number of piperidine rings is 1. The number of carbonyl (C=O) groups excluding carboxylic acids is 1. The van der Waals surface area contributed by atoms with Gasteiger partial charge in [0, 0.05) is 12.6 Å². The molecule has 26 heavy (non-hydrogen) atoms. The van der Waals surface area contributed by atoms with E-state index < -0.39 is 6.10 Å². The fraction of sp³-hybridized carbons (Fsp3) is 0.650. The molecule has 2 saturated heterocycles. The monoisotopic (exact) mass is 363 g/mol. The minimum absolute atomic E-state index is 0.0849. The van der Waals surface area contributed by atoms with Crippen molar-refractivity contribution in [1.29, 1.82) is 0 Å². The number of ether oxygens (including phenoxy) is 4. The van der Waals surface area contributed by atoms with Gasteiger partial charge in [0.1, 0.15) is 0 Å². The van der Waals surface area contributed by atoms with E-state index in [1.807, 2.05) is 17.0 Å². The van der Waals surface area contributed by atoms with Crippen molar-refractivity contribution in [2.75, 3.05) is 40.6 Å². The Morgan fingerprint density at radius 2 is 2.04 bits per heavy atom. The van der Waals surface area contributed by atoms with Gasteiger partial charge in [-0.2, -0.15) is 0 Å². The van der Waals surface area contributed by atoms with Crippen molar-refractivity contribution in [2.45, 2.75) is 44.2 Å². The van der Waals surface area contributed by atoms with Crippen molar-refractivity contribution < 1.29 is 23.7 Å². The third-order valence-electron chi connectivity index (χ3n) is 5.22. The third kappa shape index (κ3) is 4.48. The lowest BCUT2D eigenvalue weighted by Gasteiger charge is -2.38. The summed E-state index contributed by atoms with van der Waals surface area (Å²) in [6.45, 7) is 2.26. The maximum atomic E-state index is 12.8. The lowest BCUT2D eigenvalue weighted by molar-refractivity contribution is -0.161. The van der Waals surface area contributed by atoms with E-state index in [4.69, 9.17) is 18.9 Å². The number of amides is 1. The topological polar surface area (TPSA) is 57.2 Å². The van der Waals surface area contributed by atoms with E-state index in [9.17, 15) is 4.79 Å². The van der Waals surface area contributed by atoms with Gasteiger partial charge in [0.05, 0.1) is 34.0 Å². The fourth-order valence-electron chi connectivity index (χ4n) is 3.78. The highest BCUT2D eigenvalue weighted by Gasteiger charge is 2.33. The molecule has 0 N–H and O–H groups in total. The molecule has 2 unspecified atom stereocenters. The zero-order chi connectivity index (χ0) is 18.4. The van der Waals surface area contributed by atoms with Crippen molar-refractivity contribution in [3.05, 3.63) is 23.8 Å². The summed E-state index contributed by atoms with van der Waals surface area (Å²) in [6, 6.07) is 6.28. The Kier molecular flexibility index (Phi) is 6.74. The molecule has 2 atom stereocenters. The van der Waals surface area contributed by atoms with E-state index in [0.29, 0.717) is 19.8 Å². The predicted octanol–water partition coefficient (Wildman–Crippen LogP) is 2.43. The Hall–Kier alpha value is -1.79. The summed E-state index contributed by atoms with van der Waals surface area (Å²) in [6.07, 6.45) is 4.68. The first-order valence-corrected chi connectivity index (χ1v) is 9.43. The van der Waals surface area contributed by atoms with Gasteiger partial charge in [-0.25, -0.2) is 0 Å². The molecule has 3 rings (SSSR count). The zero-order valence-electron chi connectivity index (χ0n) is 15.7. The van der Waals surface area contributed by atoms with Crippen molar-refractivity contribution in [1.82, 2.24) is 4.90 Å². The van der Waals surface area contributed by atoms with Crippen LogP contribution in [0.3, 0.4) is 0 Å². The quantitative estimate of drug-likeness (QED) is 0.777. The molecule has 0 saturated carbocycles. The van der Waals surface area contributed by atoms with E-state index in [2.05, 4.69) is 6.07 Å². The minimum atomic E-state index is -0.439. The lowest BCUT2D eigenvalue weighted by Crippen LogP contribution is -2.51. The van der Waals surface area contributed by atoms with Crippen LogP contribution in [0.25, 0.3) is 0 Å². The van der Waals surface area contributed by atoms with E-state index in [0.717, 1.165) is 43.7 Å². The molecule has 2 aliphatic rings.